The molecule has 174 valence electrons. The molecule has 3 aromatic rings. The van der Waals surface area contributed by atoms with Crippen LogP contribution in [0.3, 0.4) is 0 Å². The summed E-state index contributed by atoms with van der Waals surface area (Å²) in [5, 5.41) is 18.1. The van der Waals surface area contributed by atoms with Crippen LogP contribution in [0.2, 0.25) is 5.02 Å². The smallest absolute Gasteiger partial charge is 0.295 e. The number of halogens is 1. The number of nitrogens with one attached hydrogen (secondary N) is 2. The molecule has 1 aromatic carbocycles. The average Bonchev–Trinajstić information content (AvgIpc) is 3.05. The zero-order chi connectivity index (χ0) is 23.1. The van der Waals surface area contributed by atoms with Gasteiger partial charge in [-0.3, -0.25) is 4.79 Å². The van der Waals surface area contributed by atoms with Gasteiger partial charge in [-0.1, -0.05) is 18.5 Å². The highest BCUT2D eigenvalue weighted by atomic mass is 35.5. The standard InChI is InChI=1S/C23H27ClN6O3/c1-13-8-15(31)12-30(11-13)23-26-10-17(24)21(28-23)27-14-4-5-18-16(9-14)19-20(22(32)29(18)2)33-7-3-6-25-19/h4-5,9-10,13,15,25,31H,3,6-8,11-12H2,1-2H3,(H,26,27,28). The van der Waals surface area contributed by atoms with Crippen molar-refractivity contribution in [2.75, 3.05) is 41.8 Å². The Morgan fingerprint density at radius 3 is 3.00 bits per heavy atom. The van der Waals surface area contributed by atoms with Gasteiger partial charge in [-0.25, -0.2) is 4.98 Å². The minimum absolute atomic E-state index is 0.158. The molecule has 2 atom stereocenters. The van der Waals surface area contributed by atoms with E-state index in [1.807, 2.05) is 23.1 Å². The molecule has 0 radical (unpaired) electrons. The predicted molar refractivity (Wildman–Crippen MR) is 130 cm³/mol. The van der Waals surface area contributed by atoms with E-state index in [9.17, 15) is 9.90 Å². The number of hydrogen-bond donors (Lipinski definition) is 3. The first-order valence-electron chi connectivity index (χ1n) is 11.2. The number of aromatic nitrogens is 3. The Hall–Kier alpha value is -3.04. The number of ether oxygens (including phenoxy) is 1. The Kier molecular flexibility index (Phi) is 5.76. The Bertz CT molecular complexity index is 1250. The highest BCUT2D eigenvalue weighted by Gasteiger charge is 2.25. The predicted octanol–water partition coefficient (Wildman–Crippen LogP) is 3.13. The third-order valence-electron chi connectivity index (χ3n) is 6.14. The topological polar surface area (TPSA) is 105 Å². The number of nitrogens with zero attached hydrogens (tertiary/aromatic N) is 4. The molecule has 5 rings (SSSR count). The number of anilines is 4. The minimum Gasteiger partial charge on any atom is -0.486 e. The number of piperidine rings is 1. The van der Waals surface area contributed by atoms with Crippen LogP contribution in [0.5, 0.6) is 5.75 Å². The molecule has 0 amide bonds. The van der Waals surface area contributed by atoms with Crippen LogP contribution in [0.4, 0.5) is 23.1 Å². The molecule has 0 aliphatic carbocycles. The van der Waals surface area contributed by atoms with Crippen LogP contribution in [-0.2, 0) is 7.05 Å². The molecular weight excluding hydrogens is 444 g/mol. The molecule has 0 spiro atoms. The number of aliphatic hydroxyl groups excluding tert-OH is 1. The second-order valence-corrected chi connectivity index (χ2v) is 9.23. The van der Waals surface area contributed by atoms with Crippen LogP contribution in [0, 0.1) is 5.92 Å². The third kappa shape index (κ3) is 4.18. The monoisotopic (exact) mass is 470 g/mol. The fourth-order valence-corrected chi connectivity index (χ4v) is 4.72. The SMILES string of the molecule is CC1CC(O)CN(c2ncc(Cl)c(Nc3ccc4c(c3)c3c(c(=O)n4C)OCCCN3)n2)C1. The zero-order valence-corrected chi connectivity index (χ0v) is 19.4. The first kappa shape index (κ1) is 21.8. The van der Waals surface area contributed by atoms with Crippen molar-refractivity contribution in [1.29, 1.82) is 0 Å². The van der Waals surface area contributed by atoms with Gasteiger partial charge in [0.2, 0.25) is 11.7 Å². The molecule has 0 saturated carbocycles. The molecule has 33 heavy (non-hydrogen) atoms. The van der Waals surface area contributed by atoms with Gasteiger partial charge in [-0.15, -0.1) is 0 Å². The molecule has 10 heteroatoms. The van der Waals surface area contributed by atoms with Crippen molar-refractivity contribution in [3.8, 4) is 5.75 Å². The maximum absolute atomic E-state index is 12.8. The van der Waals surface area contributed by atoms with Gasteiger partial charge >= 0.3 is 0 Å². The molecule has 3 N–H and O–H groups in total. The Morgan fingerprint density at radius 2 is 2.18 bits per heavy atom. The summed E-state index contributed by atoms with van der Waals surface area (Å²) in [4.78, 5) is 23.8. The Labute approximate surface area is 196 Å². The van der Waals surface area contributed by atoms with Crippen LogP contribution >= 0.6 is 11.6 Å². The van der Waals surface area contributed by atoms with Gasteiger partial charge in [0, 0.05) is 37.8 Å². The minimum atomic E-state index is -0.401. The van der Waals surface area contributed by atoms with Crippen LogP contribution in [0.25, 0.3) is 10.9 Å². The first-order valence-corrected chi connectivity index (χ1v) is 11.5. The number of hydrogen-bond acceptors (Lipinski definition) is 8. The fourth-order valence-electron chi connectivity index (χ4n) is 4.58. The van der Waals surface area contributed by atoms with E-state index < -0.39 is 6.10 Å². The van der Waals surface area contributed by atoms with Crippen molar-refractivity contribution >= 4 is 45.6 Å². The maximum atomic E-state index is 12.8. The van der Waals surface area contributed by atoms with Crippen molar-refractivity contribution in [2.24, 2.45) is 13.0 Å². The van der Waals surface area contributed by atoms with Crippen LogP contribution < -0.4 is 25.8 Å². The van der Waals surface area contributed by atoms with Crippen molar-refractivity contribution < 1.29 is 9.84 Å². The van der Waals surface area contributed by atoms with E-state index >= 15 is 0 Å². The lowest BCUT2D eigenvalue weighted by Gasteiger charge is -2.34. The molecule has 2 unspecified atom stereocenters. The van der Waals surface area contributed by atoms with E-state index in [1.54, 1.807) is 17.8 Å². The quantitative estimate of drug-likeness (QED) is 0.536. The molecule has 4 heterocycles. The van der Waals surface area contributed by atoms with E-state index in [-0.39, 0.29) is 5.56 Å². The second kappa shape index (κ2) is 8.72. The van der Waals surface area contributed by atoms with Crippen LogP contribution in [-0.4, -0.2) is 52.0 Å². The number of aliphatic hydroxyl groups is 1. The van der Waals surface area contributed by atoms with Gasteiger partial charge in [0.05, 0.1) is 30.1 Å². The number of β-amino-alcohol motifs (C(OH)–C–C–N with tert-alkyl or cyclic N) is 1. The summed E-state index contributed by atoms with van der Waals surface area (Å²) in [6.07, 6.45) is 2.77. The first-order chi connectivity index (χ1) is 15.9. The van der Waals surface area contributed by atoms with E-state index in [2.05, 4.69) is 27.5 Å². The number of fused-ring (bicyclic) bond motifs is 3. The van der Waals surface area contributed by atoms with Gasteiger partial charge in [0.15, 0.2) is 5.82 Å². The van der Waals surface area contributed by atoms with E-state index in [0.29, 0.717) is 47.3 Å². The summed E-state index contributed by atoms with van der Waals surface area (Å²) < 4.78 is 7.36. The largest absolute Gasteiger partial charge is 0.486 e. The molecule has 2 aliphatic rings. The zero-order valence-electron chi connectivity index (χ0n) is 18.6. The van der Waals surface area contributed by atoms with E-state index in [0.717, 1.165) is 42.5 Å². The fraction of sp³-hybridized carbons (Fsp3) is 0.435. The molecular formula is C23H27ClN6O3. The Morgan fingerprint density at radius 1 is 1.33 bits per heavy atom. The molecule has 9 nitrogen and oxygen atoms in total. The van der Waals surface area contributed by atoms with Gasteiger partial charge in [0.1, 0.15) is 5.02 Å². The summed E-state index contributed by atoms with van der Waals surface area (Å²) in [6, 6.07) is 5.74. The lowest BCUT2D eigenvalue weighted by molar-refractivity contribution is 0.132. The number of aryl methyl sites for hydroxylation is 1. The van der Waals surface area contributed by atoms with Gasteiger partial charge in [-0.2, -0.15) is 4.98 Å². The maximum Gasteiger partial charge on any atom is 0.295 e. The molecule has 2 aliphatic heterocycles. The summed E-state index contributed by atoms with van der Waals surface area (Å²) in [7, 11) is 1.74. The molecule has 0 bridgehead atoms. The van der Waals surface area contributed by atoms with Gasteiger partial charge in [0.25, 0.3) is 5.56 Å². The third-order valence-corrected chi connectivity index (χ3v) is 6.41. The van der Waals surface area contributed by atoms with Crippen LogP contribution in [0.1, 0.15) is 19.8 Å². The normalized spacial score (nSPS) is 20.5. The summed E-state index contributed by atoms with van der Waals surface area (Å²) in [5.74, 6) is 1.70. The van der Waals surface area contributed by atoms with Crippen LogP contribution in [0.15, 0.2) is 29.2 Å². The summed E-state index contributed by atoms with van der Waals surface area (Å²) in [5.41, 5.74) is 2.12. The lowest BCUT2D eigenvalue weighted by Crippen LogP contribution is -2.43. The van der Waals surface area contributed by atoms with Crippen molar-refractivity contribution in [1.82, 2.24) is 14.5 Å². The average molecular weight is 471 g/mol. The van der Waals surface area contributed by atoms with Crippen molar-refractivity contribution in [3.05, 3.63) is 39.8 Å². The van der Waals surface area contributed by atoms with Crippen molar-refractivity contribution in [3.63, 3.8) is 0 Å². The molecule has 1 fully saturated rings. The van der Waals surface area contributed by atoms with Gasteiger partial charge < -0.3 is 29.9 Å². The summed E-state index contributed by atoms with van der Waals surface area (Å²) in [6.45, 7) is 4.61. The number of rotatable bonds is 3. The van der Waals surface area contributed by atoms with Crippen molar-refractivity contribution in [2.45, 2.75) is 25.9 Å². The lowest BCUT2D eigenvalue weighted by atomic mass is 9.98. The highest BCUT2D eigenvalue weighted by molar-refractivity contribution is 6.32. The van der Waals surface area contributed by atoms with E-state index in [1.165, 1.54) is 0 Å². The number of benzene rings is 1. The van der Waals surface area contributed by atoms with Gasteiger partial charge in [-0.05, 0) is 37.0 Å². The van der Waals surface area contributed by atoms with E-state index in [4.69, 9.17) is 16.3 Å². The highest BCUT2D eigenvalue weighted by Crippen LogP contribution is 2.34. The second-order valence-electron chi connectivity index (χ2n) is 8.82. The Balaban J connectivity index is 1.51. The number of pyridine rings is 1. The molecule has 2 aromatic heterocycles. The summed E-state index contributed by atoms with van der Waals surface area (Å²) >= 11 is 6.41. The molecule has 1 saturated heterocycles.